The van der Waals surface area contributed by atoms with Crippen LogP contribution in [0.3, 0.4) is 0 Å². The number of piperidine rings is 1. The van der Waals surface area contributed by atoms with Gasteiger partial charge in [0.2, 0.25) is 11.8 Å². The van der Waals surface area contributed by atoms with Crippen molar-refractivity contribution in [1.29, 1.82) is 0 Å². The number of rotatable bonds is 7. The third-order valence-corrected chi connectivity index (χ3v) is 8.37. The van der Waals surface area contributed by atoms with Crippen LogP contribution in [0.2, 0.25) is 0 Å². The number of carbonyl (C=O) groups is 4. The third-order valence-electron chi connectivity index (χ3n) is 8.37. The average Bonchev–Trinajstić information content (AvgIpc) is 3.28. The number of hydrogen-bond acceptors (Lipinski definition) is 8. The van der Waals surface area contributed by atoms with Gasteiger partial charge in [-0.3, -0.25) is 34.2 Å². The zero-order chi connectivity index (χ0) is 30.9. The molecule has 0 radical (unpaired) electrons. The van der Waals surface area contributed by atoms with Gasteiger partial charge in [0.1, 0.15) is 11.1 Å². The minimum atomic E-state index is -0.549. The molecule has 2 aromatic rings. The number of carbonyl (C=O) groups excluding carboxylic acids is 4. The van der Waals surface area contributed by atoms with Gasteiger partial charge >= 0.3 is 12.0 Å². The summed E-state index contributed by atoms with van der Waals surface area (Å²) in [5.41, 5.74) is 0.289. The zero-order valence-corrected chi connectivity index (χ0v) is 25.5. The number of ether oxygens (including phenoxy) is 1. The van der Waals surface area contributed by atoms with E-state index in [1.54, 1.807) is 19.2 Å². The molecule has 1 aromatic heterocycles. The molecule has 0 atom stereocenters. The van der Waals surface area contributed by atoms with Gasteiger partial charge in [-0.25, -0.2) is 9.18 Å². The quantitative estimate of drug-likeness (QED) is 0.483. The van der Waals surface area contributed by atoms with Crippen molar-refractivity contribution in [3.8, 4) is 0 Å². The smallest absolute Gasteiger partial charge is 0.329 e. The Labute approximate surface area is 251 Å². The minimum absolute atomic E-state index is 0.00626. The van der Waals surface area contributed by atoms with E-state index in [1.165, 1.54) is 9.58 Å². The van der Waals surface area contributed by atoms with Gasteiger partial charge in [0.15, 0.2) is 11.6 Å². The van der Waals surface area contributed by atoms with E-state index in [2.05, 4.69) is 20.2 Å². The fourth-order valence-electron chi connectivity index (χ4n) is 6.17. The Balaban J connectivity index is 1.11. The van der Waals surface area contributed by atoms with Crippen LogP contribution in [0.15, 0.2) is 12.1 Å². The van der Waals surface area contributed by atoms with Crippen molar-refractivity contribution in [3.63, 3.8) is 0 Å². The summed E-state index contributed by atoms with van der Waals surface area (Å²) >= 11 is 0. The predicted molar refractivity (Wildman–Crippen MR) is 159 cm³/mol. The number of aromatic nitrogens is 2. The number of nitrogens with one attached hydrogen (secondary N) is 1. The van der Waals surface area contributed by atoms with E-state index >= 15 is 4.39 Å². The number of urea groups is 1. The van der Waals surface area contributed by atoms with E-state index in [-0.39, 0.29) is 49.4 Å². The Morgan fingerprint density at radius 1 is 1.02 bits per heavy atom. The van der Waals surface area contributed by atoms with Crippen LogP contribution in [0, 0.1) is 11.7 Å². The number of imide groups is 1. The number of halogens is 1. The minimum Gasteiger partial charge on any atom is -0.460 e. The van der Waals surface area contributed by atoms with Crippen molar-refractivity contribution in [2.24, 2.45) is 13.0 Å². The van der Waals surface area contributed by atoms with Crippen molar-refractivity contribution < 1.29 is 28.3 Å². The maximum absolute atomic E-state index is 15.9. The van der Waals surface area contributed by atoms with Crippen LogP contribution in [0.1, 0.15) is 52.9 Å². The molecule has 1 N–H and O–H groups in total. The summed E-state index contributed by atoms with van der Waals surface area (Å²) in [5, 5.41) is 7.24. The fraction of sp³-hybridized carbons (Fsp3) is 0.633. The molecule has 13 heteroatoms. The van der Waals surface area contributed by atoms with E-state index in [0.29, 0.717) is 54.5 Å². The van der Waals surface area contributed by atoms with Gasteiger partial charge in [-0.2, -0.15) is 5.10 Å². The number of likely N-dealkylation sites (tertiary alicyclic amines) is 1. The van der Waals surface area contributed by atoms with Crippen LogP contribution >= 0.6 is 0 Å². The number of hydrogen-bond donors (Lipinski definition) is 1. The number of fused-ring (bicyclic) bond motifs is 1. The summed E-state index contributed by atoms with van der Waals surface area (Å²) < 4.78 is 22.6. The van der Waals surface area contributed by atoms with E-state index in [1.807, 2.05) is 25.7 Å². The summed E-state index contributed by atoms with van der Waals surface area (Å²) in [7, 11) is 1.66. The molecule has 1 aromatic carbocycles. The number of amides is 4. The first kappa shape index (κ1) is 30.7. The van der Waals surface area contributed by atoms with E-state index in [9.17, 15) is 19.2 Å². The van der Waals surface area contributed by atoms with Crippen molar-refractivity contribution in [1.82, 2.24) is 24.9 Å². The summed E-state index contributed by atoms with van der Waals surface area (Å²) in [6, 6.07) is 3.00. The van der Waals surface area contributed by atoms with E-state index < -0.39 is 11.6 Å². The number of nitrogens with zero attached hydrogens (tertiary/aromatic N) is 6. The molecule has 0 saturated carbocycles. The van der Waals surface area contributed by atoms with Crippen molar-refractivity contribution >= 4 is 46.2 Å². The van der Waals surface area contributed by atoms with Gasteiger partial charge in [0.25, 0.3) is 0 Å². The maximum atomic E-state index is 15.9. The molecule has 0 bridgehead atoms. The number of aryl methyl sites for hydroxylation is 1. The number of esters is 1. The maximum Gasteiger partial charge on any atom is 0.329 e. The summed E-state index contributed by atoms with van der Waals surface area (Å²) in [4.78, 5) is 56.2. The molecule has 4 heterocycles. The fourth-order valence-corrected chi connectivity index (χ4v) is 6.17. The molecule has 4 amide bonds. The first-order valence-electron chi connectivity index (χ1n) is 15.1. The highest BCUT2D eigenvalue weighted by Crippen LogP contribution is 2.34. The van der Waals surface area contributed by atoms with Crippen molar-refractivity contribution in [2.45, 2.75) is 58.5 Å². The monoisotopic (exact) mass is 599 g/mol. The molecule has 43 heavy (non-hydrogen) atoms. The molecule has 0 spiro atoms. The average molecular weight is 600 g/mol. The third kappa shape index (κ3) is 7.09. The summed E-state index contributed by atoms with van der Waals surface area (Å²) in [6.07, 6.45) is 2.30. The Kier molecular flexibility index (Phi) is 8.91. The Morgan fingerprint density at radius 3 is 2.37 bits per heavy atom. The highest BCUT2D eigenvalue weighted by atomic mass is 19.1. The van der Waals surface area contributed by atoms with Crippen LogP contribution in [0.4, 0.5) is 20.7 Å². The highest BCUT2D eigenvalue weighted by molar-refractivity contribution is 6.09. The van der Waals surface area contributed by atoms with Gasteiger partial charge in [0, 0.05) is 77.6 Å². The Hall–Kier alpha value is -3.74. The van der Waals surface area contributed by atoms with Gasteiger partial charge < -0.3 is 14.5 Å². The van der Waals surface area contributed by atoms with Crippen molar-refractivity contribution in [3.05, 3.63) is 17.9 Å². The highest BCUT2D eigenvalue weighted by Gasteiger charge is 2.31. The van der Waals surface area contributed by atoms with Crippen LogP contribution in [-0.4, -0.2) is 101 Å². The van der Waals surface area contributed by atoms with Crippen LogP contribution < -0.4 is 15.1 Å². The molecule has 3 aliphatic heterocycles. The number of anilines is 2. The van der Waals surface area contributed by atoms with Gasteiger partial charge in [-0.1, -0.05) is 0 Å². The SMILES string of the molecule is Cn1nc(N2CCC(=O)NC2=O)c2ccc(N3CCN(CC4CCN(C(=O)CCC(=O)OC(C)(C)C)CC4)CC3)c(F)c21. The zero-order valence-electron chi connectivity index (χ0n) is 25.5. The first-order chi connectivity index (χ1) is 20.4. The Morgan fingerprint density at radius 2 is 1.72 bits per heavy atom. The molecule has 5 rings (SSSR count). The molecule has 3 aliphatic rings. The molecule has 3 fully saturated rings. The lowest BCUT2D eigenvalue weighted by Gasteiger charge is -2.39. The lowest BCUT2D eigenvalue weighted by atomic mass is 9.95. The number of benzene rings is 1. The molecule has 12 nitrogen and oxygen atoms in total. The molecular formula is C30H42FN7O5. The largest absolute Gasteiger partial charge is 0.460 e. The summed E-state index contributed by atoms with van der Waals surface area (Å²) in [5.74, 6) is -0.207. The van der Waals surface area contributed by atoms with Crippen molar-refractivity contribution in [2.75, 3.05) is 62.2 Å². The second-order valence-electron chi connectivity index (χ2n) is 12.7. The predicted octanol–water partition coefficient (Wildman–Crippen LogP) is 2.64. The van der Waals surface area contributed by atoms with Gasteiger partial charge in [0.05, 0.1) is 12.1 Å². The van der Waals surface area contributed by atoms with Crippen LogP contribution in [0.25, 0.3) is 10.9 Å². The second kappa shape index (κ2) is 12.5. The molecule has 3 saturated heterocycles. The topological polar surface area (TPSA) is 120 Å². The van der Waals surface area contributed by atoms with Crippen LogP contribution in [0.5, 0.6) is 0 Å². The van der Waals surface area contributed by atoms with Gasteiger partial charge in [-0.15, -0.1) is 0 Å². The lowest BCUT2D eigenvalue weighted by Crippen LogP contribution is -2.49. The second-order valence-corrected chi connectivity index (χ2v) is 12.7. The Bertz CT molecular complexity index is 1390. The van der Waals surface area contributed by atoms with E-state index in [0.717, 1.165) is 32.5 Å². The standard InChI is InChI=1S/C30H42FN7O5/c1-30(2,3)43-25(41)8-7-24(40)37-12-9-20(10-13-37)19-35-15-17-36(18-16-35)22-6-5-21-27(26(22)31)34(4)33-28(21)38-14-11-23(39)32-29(38)42/h5-6,20H,7-19H2,1-4H3,(H,32,39,42). The van der Waals surface area contributed by atoms with Gasteiger partial charge in [-0.05, 0) is 51.7 Å². The first-order valence-corrected chi connectivity index (χ1v) is 15.1. The molecule has 0 aliphatic carbocycles. The number of piperazine rings is 1. The van der Waals surface area contributed by atoms with Crippen LogP contribution in [-0.2, 0) is 26.2 Å². The molecule has 0 unspecified atom stereocenters. The lowest BCUT2D eigenvalue weighted by molar-refractivity contribution is -0.156. The normalized spacial score (nSPS) is 19.2. The molecular weight excluding hydrogens is 557 g/mol. The van der Waals surface area contributed by atoms with E-state index in [4.69, 9.17) is 4.74 Å². The molecule has 234 valence electrons. The summed E-state index contributed by atoms with van der Waals surface area (Å²) in [6.45, 7) is 11.0.